The van der Waals surface area contributed by atoms with Gasteiger partial charge in [-0.1, -0.05) is 54.1 Å². The molecule has 0 saturated heterocycles. The van der Waals surface area contributed by atoms with Gasteiger partial charge in [0.1, 0.15) is 11.8 Å². The second kappa shape index (κ2) is 9.44. The molecule has 1 amide bonds. The number of hydrogen-bond acceptors (Lipinski definition) is 5. The molecule has 1 aromatic heterocycles. The van der Waals surface area contributed by atoms with E-state index in [4.69, 9.17) is 16.3 Å². The summed E-state index contributed by atoms with van der Waals surface area (Å²) in [4.78, 5) is 27.1. The van der Waals surface area contributed by atoms with Crippen molar-refractivity contribution >= 4 is 29.7 Å². The number of esters is 1. The molecule has 0 bridgehead atoms. The van der Waals surface area contributed by atoms with E-state index >= 15 is 0 Å². The number of pyridine rings is 1. The Morgan fingerprint density at radius 3 is 2.76 bits per heavy atom. The fraction of sp³-hybridized carbons (Fsp3) is 0.167. The topological polar surface area (TPSA) is 77.5 Å². The molecule has 0 aliphatic carbocycles. The van der Waals surface area contributed by atoms with Crippen molar-refractivity contribution < 1.29 is 19.1 Å². The maximum Gasteiger partial charge on any atom is 0.407 e. The lowest BCUT2D eigenvalue weighted by molar-refractivity contribution is 0.0600. The minimum Gasteiger partial charge on any atom is -0.465 e. The number of aromatic nitrogens is 1. The number of rotatable bonds is 6. The highest BCUT2D eigenvalue weighted by molar-refractivity contribution is 6.32. The van der Waals surface area contributed by atoms with Crippen molar-refractivity contribution in [1.29, 1.82) is 0 Å². The molecule has 0 radical (unpaired) electrons. The Bertz CT molecular complexity index is 763. The van der Waals surface area contributed by atoms with Crippen LogP contribution in [0.25, 0.3) is 6.08 Å². The van der Waals surface area contributed by atoms with E-state index < -0.39 is 12.1 Å². The normalized spacial score (nSPS) is 10.5. The molecule has 7 heteroatoms. The van der Waals surface area contributed by atoms with Crippen molar-refractivity contribution in [2.24, 2.45) is 0 Å². The average molecular weight is 361 g/mol. The lowest BCUT2D eigenvalue weighted by Crippen LogP contribution is -2.24. The van der Waals surface area contributed by atoms with Crippen LogP contribution in [0.5, 0.6) is 0 Å². The molecule has 0 atom stereocenters. The number of carbonyl (C=O) groups excluding carboxylic acids is 2. The molecular weight excluding hydrogens is 344 g/mol. The van der Waals surface area contributed by atoms with Gasteiger partial charge in [0.25, 0.3) is 0 Å². The van der Waals surface area contributed by atoms with Crippen LogP contribution in [0.3, 0.4) is 0 Å². The number of amides is 1. The molecular formula is C18H17ClN2O4. The van der Waals surface area contributed by atoms with Crippen LogP contribution >= 0.6 is 11.6 Å². The van der Waals surface area contributed by atoms with Gasteiger partial charge in [0, 0.05) is 12.7 Å². The Balaban J connectivity index is 1.81. The van der Waals surface area contributed by atoms with Crippen molar-refractivity contribution in [2.45, 2.75) is 6.61 Å². The van der Waals surface area contributed by atoms with Gasteiger partial charge < -0.3 is 14.8 Å². The predicted octanol–water partition coefficient (Wildman–Crippen LogP) is 3.46. The van der Waals surface area contributed by atoms with Crippen LogP contribution in [-0.2, 0) is 16.1 Å². The van der Waals surface area contributed by atoms with Gasteiger partial charge in [0.15, 0.2) is 0 Å². The zero-order valence-electron chi connectivity index (χ0n) is 13.6. The minimum atomic E-state index is -0.560. The summed E-state index contributed by atoms with van der Waals surface area (Å²) >= 11 is 5.85. The summed E-state index contributed by atoms with van der Waals surface area (Å²) in [5, 5.41) is 2.67. The predicted molar refractivity (Wildman–Crippen MR) is 94.3 cm³/mol. The van der Waals surface area contributed by atoms with Crippen LogP contribution in [0.1, 0.15) is 21.5 Å². The van der Waals surface area contributed by atoms with Gasteiger partial charge >= 0.3 is 12.1 Å². The first-order valence-corrected chi connectivity index (χ1v) is 7.83. The van der Waals surface area contributed by atoms with Gasteiger partial charge in [-0.15, -0.1) is 0 Å². The van der Waals surface area contributed by atoms with E-state index in [0.29, 0.717) is 5.56 Å². The highest BCUT2D eigenvalue weighted by Gasteiger charge is 2.11. The lowest BCUT2D eigenvalue weighted by atomic mass is 10.2. The molecule has 0 spiro atoms. The number of methoxy groups -OCH3 is 1. The first kappa shape index (κ1) is 18.5. The summed E-state index contributed by atoms with van der Waals surface area (Å²) in [5.74, 6) is -0.560. The van der Waals surface area contributed by atoms with Gasteiger partial charge in [-0.2, -0.15) is 0 Å². The molecule has 0 saturated carbocycles. The molecule has 0 unspecified atom stereocenters. The summed E-state index contributed by atoms with van der Waals surface area (Å²) in [6.45, 7) is 0.476. The monoisotopic (exact) mass is 360 g/mol. The second-order valence-electron chi connectivity index (χ2n) is 4.94. The van der Waals surface area contributed by atoms with Crippen LogP contribution in [0.4, 0.5) is 4.79 Å². The van der Waals surface area contributed by atoms with Gasteiger partial charge in [0.2, 0.25) is 0 Å². The SMILES string of the molecule is COC(=O)c1cc(C=CCNC(=O)OCc2ccccc2)cnc1Cl. The van der Waals surface area contributed by atoms with Gasteiger partial charge in [-0.3, -0.25) is 0 Å². The first-order valence-electron chi connectivity index (χ1n) is 7.45. The maximum atomic E-state index is 11.6. The molecule has 0 aliphatic rings. The molecule has 1 heterocycles. The molecule has 1 aromatic carbocycles. The summed E-state index contributed by atoms with van der Waals surface area (Å²) in [6, 6.07) is 11.0. The summed E-state index contributed by atoms with van der Waals surface area (Å²) < 4.78 is 9.72. The molecule has 0 aliphatic heterocycles. The Kier molecular flexibility index (Phi) is 6.98. The maximum absolute atomic E-state index is 11.6. The Hall–Kier alpha value is -2.86. The van der Waals surface area contributed by atoms with E-state index in [9.17, 15) is 9.59 Å². The van der Waals surface area contributed by atoms with Crippen LogP contribution in [0.15, 0.2) is 48.7 Å². The van der Waals surface area contributed by atoms with E-state index in [1.807, 2.05) is 30.3 Å². The van der Waals surface area contributed by atoms with Crippen molar-refractivity contribution in [3.8, 4) is 0 Å². The van der Waals surface area contributed by atoms with Crippen LogP contribution < -0.4 is 5.32 Å². The van der Waals surface area contributed by atoms with Crippen LogP contribution in [-0.4, -0.2) is 30.7 Å². The third kappa shape index (κ3) is 5.93. The number of nitrogens with zero attached hydrogens (tertiary/aromatic N) is 1. The van der Waals surface area contributed by atoms with Gasteiger partial charge in [-0.25, -0.2) is 14.6 Å². The third-order valence-electron chi connectivity index (χ3n) is 3.15. The zero-order valence-corrected chi connectivity index (χ0v) is 14.3. The van der Waals surface area contributed by atoms with Crippen LogP contribution in [0, 0.1) is 0 Å². The number of ether oxygens (including phenoxy) is 2. The number of alkyl carbamates (subject to hydrolysis) is 1. The smallest absolute Gasteiger partial charge is 0.407 e. The number of benzene rings is 1. The highest BCUT2D eigenvalue weighted by Crippen LogP contribution is 2.16. The van der Waals surface area contributed by atoms with Crippen molar-refractivity contribution in [3.63, 3.8) is 0 Å². The average Bonchev–Trinajstić information content (AvgIpc) is 2.65. The molecule has 1 N–H and O–H groups in total. The number of hydrogen-bond donors (Lipinski definition) is 1. The van der Waals surface area contributed by atoms with Crippen molar-refractivity contribution in [2.75, 3.05) is 13.7 Å². The minimum absolute atomic E-state index is 0.0756. The molecule has 6 nitrogen and oxygen atoms in total. The Labute approximate surface area is 150 Å². The second-order valence-corrected chi connectivity index (χ2v) is 5.30. The van der Waals surface area contributed by atoms with Crippen molar-refractivity contribution in [3.05, 3.63) is 70.5 Å². The largest absolute Gasteiger partial charge is 0.465 e. The van der Waals surface area contributed by atoms with Crippen molar-refractivity contribution in [1.82, 2.24) is 10.3 Å². The van der Waals surface area contributed by atoms with Gasteiger partial charge in [0.05, 0.1) is 12.7 Å². The Morgan fingerprint density at radius 1 is 1.28 bits per heavy atom. The lowest BCUT2D eigenvalue weighted by Gasteiger charge is -2.05. The fourth-order valence-corrected chi connectivity index (χ4v) is 2.10. The standard InChI is InChI=1S/C18H17ClN2O4/c1-24-17(22)15-10-14(11-21-16(15)19)8-5-9-20-18(23)25-12-13-6-3-2-4-7-13/h2-8,10-11H,9,12H2,1H3,(H,20,23). The van der Waals surface area contributed by atoms with E-state index in [0.717, 1.165) is 5.56 Å². The third-order valence-corrected chi connectivity index (χ3v) is 3.45. The summed E-state index contributed by atoms with van der Waals surface area (Å²) in [7, 11) is 1.27. The molecule has 2 rings (SSSR count). The number of nitrogens with one attached hydrogen (secondary N) is 1. The Morgan fingerprint density at radius 2 is 2.04 bits per heavy atom. The molecule has 2 aromatic rings. The molecule has 130 valence electrons. The highest BCUT2D eigenvalue weighted by atomic mass is 35.5. The van der Waals surface area contributed by atoms with E-state index in [2.05, 4.69) is 15.0 Å². The first-order chi connectivity index (χ1) is 12.1. The molecule has 25 heavy (non-hydrogen) atoms. The van der Waals surface area contributed by atoms with E-state index in [1.165, 1.54) is 13.3 Å². The van der Waals surface area contributed by atoms with Gasteiger partial charge in [-0.05, 0) is 17.2 Å². The summed E-state index contributed by atoms with van der Waals surface area (Å²) in [5.41, 5.74) is 1.75. The van der Waals surface area contributed by atoms with Crippen LogP contribution in [0.2, 0.25) is 5.15 Å². The van der Waals surface area contributed by atoms with E-state index in [-0.39, 0.29) is 23.9 Å². The zero-order chi connectivity index (χ0) is 18.1. The van der Waals surface area contributed by atoms with E-state index in [1.54, 1.807) is 18.2 Å². The summed E-state index contributed by atoms with van der Waals surface area (Å²) in [6.07, 6.45) is 4.40. The molecule has 0 fully saturated rings. The fourth-order valence-electron chi connectivity index (χ4n) is 1.92. The number of halogens is 1. The quantitative estimate of drug-likeness (QED) is 0.630. The number of carbonyl (C=O) groups is 2.